The number of aliphatic hydroxyl groups excluding tert-OH is 3. The number of aromatic nitrogens is 3. The van der Waals surface area contributed by atoms with Crippen LogP contribution in [0.4, 0.5) is 11.4 Å². The van der Waals surface area contributed by atoms with Gasteiger partial charge in [-0.15, -0.1) is 0 Å². The number of likely N-dealkylation sites (tertiary alicyclic amines) is 3. The first-order valence-electron chi connectivity index (χ1n) is 44.1. The van der Waals surface area contributed by atoms with Crippen molar-refractivity contribution in [2.45, 2.75) is 231 Å². The highest BCUT2D eigenvalue weighted by Crippen LogP contribution is 2.46. The van der Waals surface area contributed by atoms with Crippen LogP contribution < -0.4 is 24.4 Å². The number of hydrogen-bond donors (Lipinski definition) is 7. The van der Waals surface area contributed by atoms with E-state index in [0.29, 0.717) is 62.6 Å². The van der Waals surface area contributed by atoms with Crippen LogP contribution in [-0.4, -0.2) is 190 Å². The van der Waals surface area contributed by atoms with Crippen LogP contribution in [-0.2, 0) is 56.3 Å². The average Bonchev–Trinajstić information content (AvgIpc) is 1.66. The molecule has 9 aromatic rings. The number of likely N-dealkylation sites (N-methyl/N-ethyl adjacent to an activating group) is 1. The molecule has 17 rings (SSSR count). The number of rotatable bonds is 22. The molecule has 0 saturated carbocycles. The standard InChI is InChI=1S/C34H43ClN4O3.C33H42N4O3.C32H40ClN3O3/c1-4-39-31-18-25(35)11-9-23(31)19-38(21-33(39)40)26-13-16-37(20-26)15-6-8-27-28-7-5-14-36-30(28)22-42-32-12-10-24(17-29(27)32)34(2,3)41;1-22-8-9-23-18-37(20-32(38)35-29(23)16-22)25-12-15-36(19-25)14-5-7-26-27-6-4-13-34-30(27)21-40-31-11-10-24(17-28(26)31)33(2,3)39;1-22(37)36(19-23-8-11-25(33)12-9-23)26-14-17-35(20-26)16-5-7-27-28-6-4-15-34-30(28)21-39-31-13-10-24(18-29(27)31)32(2,3)38/h5,7,9-12,14,17-18,26-27,33,40-41H,4,6,8,13,15-16,19-22H2,1-3H3;4,6,8-11,13,16-17,25-26,32,35,38-39H,5,7,12,14-15,18-21H2,1-3H3;4,6,8-13,15,18,22,26-27,37-38H,5,7,14,16-17,19-21H2,1-3H3/t26-,27-,33-;25-,26-,32-;22?,26?,27-/m111/s1. The third-order valence-corrected chi connectivity index (χ3v) is 26.9. The molecule has 20 nitrogen and oxygen atoms in total. The third kappa shape index (κ3) is 21.3. The van der Waals surface area contributed by atoms with E-state index < -0.39 is 35.5 Å². The zero-order valence-electron chi connectivity index (χ0n) is 72.1. The second-order valence-corrected chi connectivity index (χ2v) is 37.3. The van der Waals surface area contributed by atoms with Crippen molar-refractivity contribution in [1.29, 1.82) is 0 Å². The Hall–Kier alpha value is -8.13. The van der Waals surface area contributed by atoms with Gasteiger partial charge in [0.05, 0.1) is 33.9 Å². The van der Waals surface area contributed by atoms with Gasteiger partial charge in [-0.2, -0.15) is 0 Å². The first-order valence-corrected chi connectivity index (χ1v) is 44.8. The minimum atomic E-state index is -0.921. The van der Waals surface area contributed by atoms with Crippen molar-refractivity contribution in [3.8, 4) is 17.2 Å². The van der Waals surface area contributed by atoms with Gasteiger partial charge in [-0.25, -0.2) is 0 Å². The molecule has 3 aromatic heterocycles. The Balaban J connectivity index is 0.000000141. The van der Waals surface area contributed by atoms with Crippen LogP contribution in [0.15, 0.2) is 170 Å². The molecule has 2 unspecified atom stereocenters. The Morgan fingerprint density at radius 3 is 1.40 bits per heavy atom. The number of β-amino-alcohol motifs (C(OH)–C–C–N with tert-alkyl or cyclic N) is 2. The Labute approximate surface area is 726 Å². The second kappa shape index (κ2) is 38.5. The number of aliphatic hydroxyl groups is 6. The number of ether oxygens (including phenoxy) is 3. The molecule has 22 heteroatoms. The summed E-state index contributed by atoms with van der Waals surface area (Å²) in [5.41, 5.74) is 16.9. The van der Waals surface area contributed by atoms with Gasteiger partial charge in [0.2, 0.25) is 0 Å². The van der Waals surface area contributed by atoms with Gasteiger partial charge in [0, 0.05) is 151 Å². The van der Waals surface area contributed by atoms with E-state index in [-0.39, 0.29) is 17.8 Å². The van der Waals surface area contributed by atoms with E-state index in [4.69, 9.17) is 37.4 Å². The number of anilines is 2. The molecule has 7 N–H and O–H groups in total. The first-order chi connectivity index (χ1) is 58.1. The number of hydrogen-bond acceptors (Lipinski definition) is 20. The van der Waals surface area contributed by atoms with Crippen molar-refractivity contribution in [1.82, 2.24) is 44.4 Å². The summed E-state index contributed by atoms with van der Waals surface area (Å²) in [6, 6.07) is 52.5. The molecule has 0 radical (unpaired) electrons. The van der Waals surface area contributed by atoms with Crippen LogP contribution in [0.1, 0.15) is 220 Å². The van der Waals surface area contributed by atoms with E-state index in [9.17, 15) is 30.6 Å². The number of pyridine rings is 3. The highest BCUT2D eigenvalue weighted by atomic mass is 35.5. The fourth-order valence-corrected chi connectivity index (χ4v) is 20.0. The van der Waals surface area contributed by atoms with E-state index in [2.05, 4.69) is 129 Å². The van der Waals surface area contributed by atoms with Crippen LogP contribution in [0.2, 0.25) is 10.0 Å². The summed E-state index contributed by atoms with van der Waals surface area (Å²) < 4.78 is 18.6. The fourth-order valence-electron chi connectivity index (χ4n) is 19.7. The summed E-state index contributed by atoms with van der Waals surface area (Å²) in [5.74, 6) is 3.15. The van der Waals surface area contributed by atoms with Crippen molar-refractivity contribution < 1.29 is 44.8 Å². The van der Waals surface area contributed by atoms with Gasteiger partial charge in [0.25, 0.3) is 0 Å². The van der Waals surface area contributed by atoms with Crippen LogP contribution in [0.5, 0.6) is 17.2 Å². The van der Waals surface area contributed by atoms with Gasteiger partial charge >= 0.3 is 0 Å². The molecule has 121 heavy (non-hydrogen) atoms. The van der Waals surface area contributed by atoms with Crippen LogP contribution in [0.25, 0.3) is 0 Å². The maximum Gasteiger partial charge on any atom is 0.139 e. The number of aryl methyl sites for hydroxylation is 1. The van der Waals surface area contributed by atoms with Gasteiger partial charge in [-0.3, -0.25) is 29.7 Å². The lowest BCUT2D eigenvalue weighted by Gasteiger charge is -2.31. The Morgan fingerprint density at radius 1 is 0.504 bits per heavy atom. The summed E-state index contributed by atoms with van der Waals surface area (Å²) in [4.78, 5) is 30.8. The van der Waals surface area contributed by atoms with Gasteiger partial charge < -0.3 is 69.8 Å². The minimum Gasteiger partial charge on any atom is -0.487 e. The molecule has 8 aliphatic heterocycles. The molecule has 11 heterocycles. The normalized spacial score (nSPS) is 22.2. The molecule has 3 fully saturated rings. The third-order valence-electron chi connectivity index (χ3n) is 26.4. The van der Waals surface area contributed by atoms with Crippen LogP contribution in [0, 0.1) is 6.92 Å². The maximum absolute atomic E-state index is 11.1. The molecular weight excluding hydrogens is 1560 g/mol. The SMILES string of the molecule is CC(O)N(Cc1ccc(Cl)cc1)C1CCN(CCC[C@H]2c3cc(C(C)(C)O)ccc3OCc3ncccc32)C1.CCN1c2cc(Cl)ccc2CN([C@@H]2CCN(CCC[C@H]3c4cc(C(C)(C)O)ccc4OCc4ncccc43)C2)C[C@H]1O.Cc1ccc2c(c1)N[C@H](O)CN([C@@H]1CCN(CCC[C@H]3c4cc(C(C)(C)O)ccc4OCc4ncccc43)C1)C2. The number of nitrogens with zero attached hydrogens (tertiary/aromatic N) is 10. The van der Waals surface area contributed by atoms with Crippen molar-refractivity contribution in [3.63, 3.8) is 0 Å². The van der Waals surface area contributed by atoms with Crippen molar-refractivity contribution in [2.24, 2.45) is 0 Å². The molecule has 9 atom stereocenters. The van der Waals surface area contributed by atoms with Crippen molar-refractivity contribution in [2.75, 3.05) is 88.8 Å². The lowest BCUT2D eigenvalue weighted by Crippen LogP contribution is -2.45. The van der Waals surface area contributed by atoms with E-state index in [1.54, 1.807) is 0 Å². The van der Waals surface area contributed by atoms with Gasteiger partial charge in [0.15, 0.2) is 0 Å². The topological polar surface area (TPSA) is 222 Å². The molecule has 6 aromatic carbocycles. The Morgan fingerprint density at radius 2 is 0.942 bits per heavy atom. The van der Waals surface area contributed by atoms with Crippen molar-refractivity contribution in [3.05, 3.63) is 270 Å². The molecule has 0 bridgehead atoms. The second-order valence-electron chi connectivity index (χ2n) is 36.4. The molecule has 0 aliphatic carbocycles. The first kappa shape index (κ1) is 87.8. The average molecular weight is 1680 g/mol. The number of halogens is 2. The predicted octanol–water partition coefficient (Wildman–Crippen LogP) is 15.9. The summed E-state index contributed by atoms with van der Waals surface area (Å²) in [6.07, 6.45) is 13.2. The summed E-state index contributed by atoms with van der Waals surface area (Å²) in [7, 11) is 0. The quantitative estimate of drug-likeness (QED) is 0.0313. The van der Waals surface area contributed by atoms with Crippen LogP contribution in [0.3, 0.4) is 0 Å². The van der Waals surface area contributed by atoms with E-state index in [1.165, 1.54) is 33.4 Å². The van der Waals surface area contributed by atoms with Gasteiger partial charge in [-0.1, -0.05) is 89.9 Å². The molecule has 0 spiro atoms. The lowest BCUT2D eigenvalue weighted by atomic mass is 9.84. The molecular formula is C99H125Cl2N11O9. The smallest absolute Gasteiger partial charge is 0.139 e. The summed E-state index contributed by atoms with van der Waals surface area (Å²) in [5, 5.41) is 69.2. The highest BCUT2D eigenvalue weighted by molar-refractivity contribution is 6.31. The zero-order chi connectivity index (χ0) is 84.9. The lowest BCUT2D eigenvalue weighted by molar-refractivity contribution is -0.0156. The number of fused-ring (bicyclic) bond motifs is 8. The Kier molecular flexibility index (Phi) is 28.0. The number of nitrogens with one attached hydrogen (secondary N) is 1. The van der Waals surface area contributed by atoms with Gasteiger partial charge in [0.1, 0.15) is 55.8 Å². The summed E-state index contributed by atoms with van der Waals surface area (Å²) in [6.45, 7) is 32.0. The summed E-state index contributed by atoms with van der Waals surface area (Å²) >= 11 is 12.4. The fraction of sp³-hybridized carbons (Fsp3) is 0.485. The molecule has 0 amide bonds. The predicted molar refractivity (Wildman–Crippen MR) is 479 cm³/mol. The van der Waals surface area contributed by atoms with Crippen LogP contribution >= 0.6 is 23.2 Å². The van der Waals surface area contributed by atoms with E-state index in [1.807, 2.05) is 158 Å². The zero-order valence-corrected chi connectivity index (χ0v) is 73.6. The molecule has 8 aliphatic rings. The monoisotopic (exact) mass is 1680 g/mol. The highest BCUT2D eigenvalue weighted by Gasteiger charge is 2.39. The number of benzene rings is 6. The minimum absolute atomic E-state index is 0.158. The van der Waals surface area contributed by atoms with E-state index in [0.717, 1.165) is 226 Å². The molecule has 3 saturated heterocycles. The van der Waals surface area contributed by atoms with Gasteiger partial charge in [-0.05, 0) is 300 Å². The largest absolute Gasteiger partial charge is 0.487 e. The van der Waals surface area contributed by atoms with E-state index >= 15 is 0 Å². The van der Waals surface area contributed by atoms with Crippen molar-refractivity contribution >= 4 is 34.6 Å². The Bertz CT molecular complexity index is 5000. The maximum atomic E-state index is 11.1. The molecule has 644 valence electrons.